The first-order valence-electron chi connectivity index (χ1n) is 8.78. The summed E-state index contributed by atoms with van der Waals surface area (Å²) in [5.74, 6) is 1.14. The number of benzene rings is 2. The van der Waals surface area contributed by atoms with Crippen LogP contribution in [0.1, 0.15) is 24.8 Å². The molecule has 2 aliphatic heterocycles. The fourth-order valence-corrected chi connectivity index (χ4v) is 3.67. The first-order valence-corrected chi connectivity index (χ1v) is 8.78. The molecule has 2 aromatic rings. The minimum atomic E-state index is -0.300. The number of esters is 1. The molecule has 2 atom stereocenters. The summed E-state index contributed by atoms with van der Waals surface area (Å²) in [5.41, 5.74) is 2.55. The van der Waals surface area contributed by atoms with Crippen LogP contribution in [0.5, 0.6) is 11.5 Å². The molecule has 0 fully saturated rings. The van der Waals surface area contributed by atoms with Crippen LogP contribution in [0.2, 0.25) is 0 Å². The molecule has 0 N–H and O–H groups in total. The third kappa shape index (κ3) is 2.69. The molecule has 2 aromatic carbocycles. The lowest BCUT2D eigenvalue weighted by Gasteiger charge is -2.33. The van der Waals surface area contributed by atoms with Crippen molar-refractivity contribution in [3.05, 3.63) is 65.9 Å². The highest BCUT2D eigenvalue weighted by Gasteiger charge is 2.40. The third-order valence-corrected chi connectivity index (χ3v) is 4.83. The van der Waals surface area contributed by atoms with Gasteiger partial charge in [0.2, 0.25) is 0 Å². The van der Waals surface area contributed by atoms with Crippen molar-refractivity contribution in [2.45, 2.75) is 25.5 Å². The lowest BCUT2D eigenvalue weighted by molar-refractivity contribution is -0.139. The van der Waals surface area contributed by atoms with Crippen LogP contribution in [0.25, 0.3) is 0 Å². The molecule has 0 saturated carbocycles. The summed E-state index contributed by atoms with van der Waals surface area (Å²) < 4.78 is 17.0. The molecule has 0 spiro atoms. The van der Waals surface area contributed by atoms with Crippen molar-refractivity contribution in [1.29, 1.82) is 0 Å². The van der Waals surface area contributed by atoms with E-state index in [-0.39, 0.29) is 18.1 Å². The molecule has 0 radical (unpaired) electrons. The summed E-state index contributed by atoms with van der Waals surface area (Å²) in [5, 5.41) is 0. The molecule has 5 heteroatoms. The van der Waals surface area contributed by atoms with Gasteiger partial charge >= 0.3 is 5.97 Å². The Kier molecular flexibility index (Phi) is 4.29. The summed E-state index contributed by atoms with van der Waals surface area (Å²) in [6, 6.07) is 15.6. The molecule has 134 valence electrons. The Bertz CT molecular complexity index is 861. The quantitative estimate of drug-likeness (QED) is 0.783. The maximum Gasteiger partial charge on any atom is 0.336 e. The van der Waals surface area contributed by atoms with Crippen LogP contribution >= 0.6 is 0 Å². The largest absolute Gasteiger partial charge is 0.496 e. The molecule has 0 aliphatic carbocycles. The van der Waals surface area contributed by atoms with Gasteiger partial charge in [0.1, 0.15) is 11.5 Å². The number of carbonyl (C=O) groups excluding carboxylic acids is 1. The van der Waals surface area contributed by atoms with E-state index < -0.39 is 0 Å². The average molecular weight is 351 g/mol. The highest BCUT2D eigenvalue weighted by molar-refractivity contribution is 5.92. The van der Waals surface area contributed by atoms with E-state index in [0.717, 1.165) is 22.7 Å². The predicted molar refractivity (Wildman–Crippen MR) is 98.4 cm³/mol. The van der Waals surface area contributed by atoms with Gasteiger partial charge in [-0.25, -0.2) is 4.79 Å². The molecule has 26 heavy (non-hydrogen) atoms. The van der Waals surface area contributed by atoms with Crippen LogP contribution in [0.3, 0.4) is 0 Å². The van der Waals surface area contributed by atoms with E-state index in [1.54, 1.807) is 7.11 Å². The third-order valence-electron chi connectivity index (χ3n) is 4.83. The first kappa shape index (κ1) is 16.5. The number of ether oxygens (including phenoxy) is 3. The van der Waals surface area contributed by atoms with Gasteiger partial charge in [-0.15, -0.1) is 0 Å². The molecule has 0 amide bonds. The van der Waals surface area contributed by atoms with Crippen molar-refractivity contribution >= 4 is 11.7 Å². The second-order valence-corrected chi connectivity index (χ2v) is 6.28. The molecule has 1 unspecified atom stereocenters. The van der Waals surface area contributed by atoms with Gasteiger partial charge in [-0.3, -0.25) is 0 Å². The lowest BCUT2D eigenvalue weighted by Crippen LogP contribution is -2.38. The lowest BCUT2D eigenvalue weighted by atomic mass is 9.85. The minimum absolute atomic E-state index is 0.152. The number of anilines is 1. The Morgan fingerprint density at radius 1 is 1.19 bits per heavy atom. The van der Waals surface area contributed by atoms with E-state index in [2.05, 4.69) is 0 Å². The summed E-state index contributed by atoms with van der Waals surface area (Å²) in [6.07, 6.45) is 2.36. The Morgan fingerprint density at radius 2 is 1.96 bits per heavy atom. The summed E-state index contributed by atoms with van der Waals surface area (Å²) in [4.78, 5) is 14.7. The van der Waals surface area contributed by atoms with Crippen molar-refractivity contribution < 1.29 is 19.0 Å². The summed E-state index contributed by atoms with van der Waals surface area (Å²) in [6.45, 7) is 2.15. The van der Waals surface area contributed by atoms with Crippen molar-refractivity contribution in [3.63, 3.8) is 0 Å². The van der Waals surface area contributed by atoms with Crippen molar-refractivity contribution in [2.24, 2.45) is 0 Å². The molecule has 0 aromatic heterocycles. The van der Waals surface area contributed by atoms with Gasteiger partial charge < -0.3 is 19.1 Å². The number of hydrogen-bond acceptors (Lipinski definition) is 5. The van der Waals surface area contributed by atoms with Crippen LogP contribution in [0, 0.1) is 0 Å². The highest BCUT2D eigenvalue weighted by atomic mass is 16.5. The van der Waals surface area contributed by atoms with E-state index >= 15 is 0 Å². The van der Waals surface area contributed by atoms with Crippen LogP contribution in [-0.4, -0.2) is 25.9 Å². The van der Waals surface area contributed by atoms with Crippen molar-refractivity contribution in [2.75, 3.05) is 18.6 Å². The zero-order valence-corrected chi connectivity index (χ0v) is 14.8. The molecule has 4 rings (SSSR count). The number of fused-ring (bicyclic) bond motifs is 3. The molecule has 2 heterocycles. The van der Waals surface area contributed by atoms with Crippen molar-refractivity contribution in [3.8, 4) is 11.5 Å². The Morgan fingerprint density at radius 3 is 2.77 bits per heavy atom. The van der Waals surface area contributed by atoms with Crippen molar-refractivity contribution in [1.82, 2.24) is 0 Å². The fraction of sp³-hybridized carbons (Fsp3) is 0.286. The molecule has 2 aliphatic rings. The zero-order chi connectivity index (χ0) is 18.1. The molecular formula is C21H21NO4. The maximum atomic E-state index is 12.7. The second kappa shape index (κ2) is 6.75. The highest BCUT2D eigenvalue weighted by Crippen LogP contribution is 2.46. The van der Waals surface area contributed by atoms with Gasteiger partial charge in [0.05, 0.1) is 25.0 Å². The normalized spacial score (nSPS) is 20.5. The smallest absolute Gasteiger partial charge is 0.336 e. The van der Waals surface area contributed by atoms with Gasteiger partial charge in [0.25, 0.3) is 0 Å². The van der Waals surface area contributed by atoms with E-state index in [9.17, 15) is 4.79 Å². The summed E-state index contributed by atoms with van der Waals surface area (Å²) in [7, 11) is 1.64. The number of rotatable bonds is 4. The fourth-order valence-electron chi connectivity index (χ4n) is 3.67. The zero-order valence-electron chi connectivity index (χ0n) is 14.8. The number of para-hydroxylation sites is 3. The SMILES string of the molecule is CCOC(=O)C1=CN2c3ccccc3OC2C[C@H]1c1ccccc1OC. The van der Waals surface area contributed by atoms with E-state index in [1.807, 2.05) is 66.6 Å². The molecule has 0 bridgehead atoms. The van der Waals surface area contributed by atoms with Crippen LogP contribution in [0.4, 0.5) is 5.69 Å². The number of hydrogen-bond donors (Lipinski definition) is 0. The van der Waals surface area contributed by atoms with Crippen LogP contribution < -0.4 is 14.4 Å². The maximum absolute atomic E-state index is 12.7. The Balaban J connectivity index is 1.78. The molecule has 5 nitrogen and oxygen atoms in total. The topological polar surface area (TPSA) is 48.0 Å². The van der Waals surface area contributed by atoms with E-state index in [1.165, 1.54) is 0 Å². The number of nitrogens with zero attached hydrogens (tertiary/aromatic N) is 1. The standard InChI is InChI=1S/C21H21NO4/c1-3-25-21(23)16-13-22-17-9-5-7-11-19(17)26-20(22)12-15(16)14-8-4-6-10-18(14)24-2/h4-11,13,15,20H,3,12H2,1-2H3/t15-,20?/m0/s1. The Labute approximate surface area is 152 Å². The minimum Gasteiger partial charge on any atom is -0.496 e. The van der Waals surface area contributed by atoms with Gasteiger partial charge in [0, 0.05) is 24.1 Å². The average Bonchev–Trinajstić information content (AvgIpc) is 3.04. The first-order chi connectivity index (χ1) is 12.7. The van der Waals surface area contributed by atoms with E-state index in [0.29, 0.717) is 18.6 Å². The van der Waals surface area contributed by atoms with E-state index in [4.69, 9.17) is 14.2 Å². The second-order valence-electron chi connectivity index (χ2n) is 6.28. The van der Waals surface area contributed by atoms with Gasteiger partial charge in [0.15, 0.2) is 6.23 Å². The van der Waals surface area contributed by atoms with Crippen LogP contribution in [0.15, 0.2) is 60.3 Å². The molecule has 0 saturated heterocycles. The predicted octanol–water partition coefficient (Wildman–Crippen LogP) is 3.85. The number of methoxy groups -OCH3 is 1. The van der Waals surface area contributed by atoms with Gasteiger partial charge in [-0.1, -0.05) is 30.3 Å². The van der Waals surface area contributed by atoms with Gasteiger partial charge in [-0.2, -0.15) is 0 Å². The van der Waals surface area contributed by atoms with Gasteiger partial charge in [-0.05, 0) is 25.1 Å². The summed E-state index contributed by atoms with van der Waals surface area (Å²) >= 11 is 0. The van der Waals surface area contributed by atoms with Crippen LogP contribution in [-0.2, 0) is 9.53 Å². The number of carbonyl (C=O) groups is 1. The Hall–Kier alpha value is -2.95. The molecular weight excluding hydrogens is 330 g/mol. The monoisotopic (exact) mass is 351 g/mol.